The summed E-state index contributed by atoms with van der Waals surface area (Å²) in [4.78, 5) is 16.8. The van der Waals surface area contributed by atoms with Crippen LogP contribution in [0.25, 0.3) is 11.3 Å². The molecule has 2 N–H and O–H groups in total. The number of methoxy groups -OCH3 is 2. The Morgan fingerprint density at radius 3 is 2.48 bits per heavy atom. The van der Waals surface area contributed by atoms with Gasteiger partial charge >= 0.3 is 6.03 Å². The molecule has 7 heteroatoms. The first kappa shape index (κ1) is 18.7. The molecule has 0 fully saturated rings. The number of aryl methyl sites for hydroxylation is 2. The van der Waals surface area contributed by atoms with Crippen molar-refractivity contribution in [1.82, 2.24) is 4.98 Å². The smallest absolute Gasteiger partial charge is 0.325 e. The molecule has 0 saturated heterocycles. The van der Waals surface area contributed by atoms with Gasteiger partial charge in [0, 0.05) is 22.7 Å². The molecule has 0 saturated carbocycles. The van der Waals surface area contributed by atoms with E-state index in [-0.39, 0.29) is 6.03 Å². The van der Waals surface area contributed by atoms with E-state index in [1.54, 1.807) is 32.4 Å². The Balaban J connectivity index is 1.69. The van der Waals surface area contributed by atoms with Crippen LogP contribution in [0.2, 0.25) is 0 Å². The Morgan fingerprint density at radius 1 is 1.00 bits per heavy atom. The van der Waals surface area contributed by atoms with E-state index in [1.807, 2.05) is 11.4 Å². The Labute approximate surface area is 162 Å². The number of hydrogen-bond donors (Lipinski definition) is 2. The van der Waals surface area contributed by atoms with Crippen molar-refractivity contribution in [2.24, 2.45) is 0 Å². The van der Waals surface area contributed by atoms with Crippen LogP contribution in [0.4, 0.5) is 15.6 Å². The Bertz CT molecular complexity index is 969. The minimum Gasteiger partial charge on any atom is -0.493 e. The highest BCUT2D eigenvalue weighted by Gasteiger charge is 2.11. The number of amides is 2. The average molecular weight is 383 g/mol. The second-order valence-electron chi connectivity index (χ2n) is 6.01. The predicted molar refractivity (Wildman–Crippen MR) is 109 cm³/mol. The number of ether oxygens (including phenoxy) is 2. The Kier molecular flexibility index (Phi) is 5.61. The summed E-state index contributed by atoms with van der Waals surface area (Å²) in [5, 5.41) is 7.99. The fraction of sp³-hybridized carbons (Fsp3) is 0.200. The van der Waals surface area contributed by atoms with Gasteiger partial charge < -0.3 is 14.8 Å². The number of aromatic nitrogens is 1. The van der Waals surface area contributed by atoms with Gasteiger partial charge in [-0.2, -0.15) is 0 Å². The van der Waals surface area contributed by atoms with Crippen molar-refractivity contribution in [2.45, 2.75) is 13.8 Å². The molecular weight excluding hydrogens is 362 g/mol. The number of hydrogen-bond acceptors (Lipinski definition) is 5. The molecule has 0 unspecified atom stereocenters. The van der Waals surface area contributed by atoms with Crippen LogP contribution < -0.4 is 20.1 Å². The van der Waals surface area contributed by atoms with Crippen molar-refractivity contribution in [3.63, 3.8) is 0 Å². The number of nitrogens with one attached hydrogen (secondary N) is 2. The number of urea groups is 1. The average Bonchev–Trinajstić information content (AvgIpc) is 3.09. The first-order valence-electron chi connectivity index (χ1n) is 8.33. The summed E-state index contributed by atoms with van der Waals surface area (Å²) in [6, 6.07) is 11.0. The molecule has 1 heterocycles. The molecule has 3 rings (SSSR count). The number of nitrogens with zero attached hydrogens (tertiary/aromatic N) is 1. The summed E-state index contributed by atoms with van der Waals surface area (Å²) >= 11 is 1.38. The van der Waals surface area contributed by atoms with Crippen molar-refractivity contribution in [2.75, 3.05) is 24.9 Å². The number of carbonyl (C=O) groups excluding carboxylic acids is 1. The Hall–Kier alpha value is -3.06. The van der Waals surface area contributed by atoms with Crippen LogP contribution in [0.5, 0.6) is 11.5 Å². The molecule has 0 radical (unpaired) electrons. The minimum absolute atomic E-state index is 0.372. The van der Waals surface area contributed by atoms with E-state index in [0.717, 1.165) is 16.8 Å². The largest absolute Gasteiger partial charge is 0.493 e. The van der Waals surface area contributed by atoms with Gasteiger partial charge in [0.25, 0.3) is 0 Å². The van der Waals surface area contributed by atoms with E-state index < -0.39 is 0 Å². The van der Waals surface area contributed by atoms with Crippen LogP contribution in [-0.2, 0) is 0 Å². The zero-order valence-corrected chi connectivity index (χ0v) is 16.4. The van der Waals surface area contributed by atoms with Crippen molar-refractivity contribution < 1.29 is 14.3 Å². The lowest BCUT2D eigenvalue weighted by molar-refractivity contribution is 0.262. The monoisotopic (exact) mass is 383 g/mol. The molecule has 3 aromatic rings. The van der Waals surface area contributed by atoms with Crippen LogP contribution >= 0.6 is 11.3 Å². The van der Waals surface area contributed by atoms with E-state index in [1.165, 1.54) is 16.9 Å². The molecule has 1 aromatic heterocycles. The van der Waals surface area contributed by atoms with Gasteiger partial charge in [0.1, 0.15) is 0 Å². The zero-order chi connectivity index (χ0) is 19.4. The van der Waals surface area contributed by atoms with Crippen molar-refractivity contribution in [1.29, 1.82) is 0 Å². The molecule has 2 aromatic carbocycles. The van der Waals surface area contributed by atoms with Gasteiger partial charge in [-0.3, -0.25) is 5.32 Å². The fourth-order valence-corrected chi connectivity index (χ4v) is 3.43. The van der Waals surface area contributed by atoms with Gasteiger partial charge in [-0.1, -0.05) is 23.8 Å². The summed E-state index contributed by atoms with van der Waals surface area (Å²) in [5.74, 6) is 1.14. The first-order chi connectivity index (χ1) is 13.0. The van der Waals surface area contributed by atoms with Gasteiger partial charge in [0.15, 0.2) is 16.6 Å². The zero-order valence-electron chi connectivity index (χ0n) is 15.6. The number of rotatable bonds is 5. The van der Waals surface area contributed by atoms with Gasteiger partial charge in [0.2, 0.25) is 0 Å². The van der Waals surface area contributed by atoms with Gasteiger partial charge in [-0.25, -0.2) is 9.78 Å². The molecule has 0 aliphatic carbocycles. The number of thiazole rings is 1. The molecule has 6 nitrogen and oxygen atoms in total. The quantitative estimate of drug-likeness (QED) is 0.644. The molecule has 0 atom stereocenters. The summed E-state index contributed by atoms with van der Waals surface area (Å²) in [6.45, 7) is 4.11. The summed E-state index contributed by atoms with van der Waals surface area (Å²) in [5.41, 5.74) is 4.86. The van der Waals surface area contributed by atoms with Crippen LogP contribution in [0.1, 0.15) is 11.1 Å². The molecule has 0 spiro atoms. The van der Waals surface area contributed by atoms with Crippen molar-refractivity contribution in [3.8, 4) is 22.8 Å². The van der Waals surface area contributed by atoms with Crippen LogP contribution in [-0.4, -0.2) is 25.2 Å². The molecule has 0 aliphatic rings. The molecule has 140 valence electrons. The number of benzene rings is 2. The van der Waals surface area contributed by atoms with Gasteiger partial charge in [0.05, 0.1) is 19.9 Å². The minimum atomic E-state index is -0.372. The maximum atomic E-state index is 12.3. The first-order valence-corrected chi connectivity index (χ1v) is 9.21. The van der Waals surface area contributed by atoms with Gasteiger partial charge in [-0.15, -0.1) is 11.3 Å². The number of carbonyl (C=O) groups is 1. The predicted octanol–water partition coefficient (Wildman–Crippen LogP) is 5.09. The fourth-order valence-electron chi connectivity index (χ4n) is 2.73. The molecular formula is C20H21N3O3S. The third-order valence-corrected chi connectivity index (χ3v) is 4.78. The van der Waals surface area contributed by atoms with E-state index in [2.05, 4.69) is 41.6 Å². The molecule has 0 aliphatic heterocycles. The van der Waals surface area contributed by atoms with Crippen LogP contribution in [0.15, 0.2) is 41.8 Å². The maximum absolute atomic E-state index is 12.3. The SMILES string of the molecule is COc1ccc(NC(=O)Nc2nc(-c3ccc(C)cc3C)cs2)cc1OC. The van der Waals surface area contributed by atoms with Crippen molar-refractivity contribution >= 4 is 28.2 Å². The standard InChI is InChI=1S/C20H21N3O3S/c1-12-5-7-15(13(2)9-12)16-11-27-20(22-16)23-19(24)21-14-6-8-17(25-3)18(10-14)26-4/h5-11H,1-4H3,(H2,21,22,23,24). The van der Waals surface area contributed by atoms with E-state index >= 15 is 0 Å². The van der Waals surface area contributed by atoms with Crippen molar-refractivity contribution in [3.05, 3.63) is 52.9 Å². The third-order valence-electron chi connectivity index (χ3n) is 4.02. The second-order valence-corrected chi connectivity index (χ2v) is 6.86. The normalized spacial score (nSPS) is 10.4. The lowest BCUT2D eigenvalue weighted by Gasteiger charge is -2.10. The molecule has 27 heavy (non-hydrogen) atoms. The summed E-state index contributed by atoms with van der Waals surface area (Å²) in [7, 11) is 3.11. The lowest BCUT2D eigenvalue weighted by atomic mass is 10.0. The van der Waals surface area contributed by atoms with E-state index in [4.69, 9.17) is 9.47 Å². The summed E-state index contributed by atoms with van der Waals surface area (Å²) in [6.07, 6.45) is 0. The van der Waals surface area contributed by atoms with E-state index in [9.17, 15) is 4.79 Å². The number of anilines is 2. The topological polar surface area (TPSA) is 72.5 Å². The Morgan fingerprint density at radius 2 is 1.78 bits per heavy atom. The molecule has 2 amide bonds. The lowest BCUT2D eigenvalue weighted by Crippen LogP contribution is -2.19. The van der Waals surface area contributed by atoms with Crippen LogP contribution in [0, 0.1) is 13.8 Å². The highest BCUT2D eigenvalue weighted by atomic mass is 32.1. The highest BCUT2D eigenvalue weighted by Crippen LogP contribution is 2.30. The maximum Gasteiger partial charge on any atom is 0.325 e. The van der Waals surface area contributed by atoms with Crippen LogP contribution in [0.3, 0.4) is 0 Å². The molecule has 0 bridgehead atoms. The van der Waals surface area contributed by atoms with Gasteiger partial charge in [-0.05, 0) is 31.5 Å². The van der Waals surface area contributed by atoms with E-state index in [0.29, 0.717) is 22.3 Å². The summed E-state index contributed by atoms with van der Waals surface area (Å²) < 4.78 is 10.4. The second kappa shape index (κ2) is 8.09. The third kappa shape index (κ3) is 4.38. The highest BCUT2D eigenvalue weighted by molar-refractivity contribution is 7.14.